The number of furan rings is 1. The molecular weight excluding hydrogens is 248 g/mol. The van der Waals surface area contributed by atoms with Crippen molar-refractivity contribution >= 4 is 32.7 Å². The standard InChI is InChI=1S/C10H7BrO3/c1-5(12)7-3-2-6-4-8(11)14-10(6)9(7)13/h2-4,13H,1H3. The lowest BCUT2D eigenvalue weighted by atomic mass is 10.1. The fourth-order valence-electron chi connectivity index (χ4n) is 1.34. The third-order valence-electron chi connectivity index (χ3n) is 2.01. The number of rotatable bonds is 1. The largest absolute Gasteiger partial charge is 0.504 e. The number of phenolic OH excluding ortho intramolecular Hbond substituents is 1. The molecule has 1 heterocycles. The van der Waals surface area contributed by atoms with E-state index in [1.54, 1.807) is 18.2 Å². The summed E-state index contributed by atoms with van der Waals surface area (Å²) in [6.45, 7) is 1.40. The van der Waals surface area contributed by atoms with Crippen molar-refractivity contribution in [2.75, 3.05) is 0 Å². The quantitative estimate of drug-likeness (QED) is 0.796. The van der Waals surface area contributed by atoms with E-state index in [-0.39, 0.29) is 17.1 Å². The highest BCUT2D eigenvalue weighted by Gasteiger charge is 2.13. The molecule has 0 bridgehead atoms. The van der Waals surface area contributed by atoms with E-state index in [0.29, 0.717) is 10.3 Å². The Morgan fingerprint density at radius 3 is 2.86 bits per heavy atom. The second kappa shape index (κ2) is 3.13. The van der Waals surface area contributed by atoms with E-state index in [0.717, 1.165) is 5.39 Å². The van der Waals surface area contributed by atoms with Crippen LogP contribution in [0.25, 0.3) is 11.0 Å². The number of carbonyl (C=O) groups excluding carboxylic acids is 1. The zero-order valence-electron chi connectivity index (χ0n) is 7.37. The second-order valence-corrected chi connectivity index (χ2v) is 3.77. The molecule has 1 aromatic heterocycles. The Kier molecular flexibility index (Phi) is 2.07. The topological polar surface area (TPSA) is 50.4 Å². The smallest absolute Gasteiger partial charge is 0.177 e. The summed E-state index contributed by atoms with van der Waals surface area (Å²) in [5.74, 6) is -0.280. The molecule has 2 aromatic rings. The SMILES string of the molecule is CC(=O)c1ccc2cc(Br)oc2c1O. The predicted molar refractivity (Wildman–Crippen MR) is 55.6 cm³/mol. The molecular formula is C10H7BrO3. The van der Waals surface area contributed by atoms with Crippen molar-refractivity contribution in [3.05, 3.63) is 28.4 Å². The summed E-state index contributed by atoms with van der Waals surface area (Å²) in [6, 6.07) is 5.06. The van der Waals surface area contributed by atoms with Gasteiger partial charge in [-0.25, -0.2) is 0 Å². The molecule has 0 saturated carbocycles. The number of ketones is 1. The van der Waals surface area contributed by atoms with Crippen molar-refractivity contribution in [1.29, 1.82) is 0 Å². The third kappa shape index (κ3) is 1.32. The molecule has 0 unspecified atom stereocenters. The van der Waals surface area contributed by atoms with Gasteiger partial charge >= 0.3 is 0 Å². The van der Waals surface area contributed by atoms with E-state index in [1.807, 2.05) is 0 Å². The second-order valence-electron chi connectivity index (χ2n) is 2.99. The number of hydrogen-bond donors (Lipinski definition) is 1. The maximum Gasteiger partial charge on any atom is 0.177 e. The third-order valence-corrected chi connectivity index (χ3v) is 2.40. The molecule has 14 heavy (non-hydrogen) atoms. The average molecular weight is 255 g/mol. The van der Waals surface area contributed by atoms with Crippen LogP contribution in [0.2, 0.25) is 0 Å². The van der Waals surface area contributed by atoms with Crippen LogP contribution >= 0.6 is 15.9 Å². The van der Waals surface area contributed by atoms with Crippen molar-refractivity contribution in [1.82, 2.24) is 0 Å². The van der Waals surface area contributed by atoms with Crippen LogP contribution < -0.4 is 0 Å². The molecule has 0 aliphatic heterocycles. The molecule has 0 amide bonds. The molecule has 0 saturated heterocycles. The molecule has 0 fully saturated rings. The van der Waals surface area contributed by atoms with Crippen LogP contribution in [0.3, 0.4) is 0 Å². The number of hydrogen-bond acceptors (Lipinski definition) is 3. The Bertz CT molecular complexity index is 513. The maximum absolute atomic E-state index is 11.1. The fourth-order valence-corrected chi connectivity index (χ4v) is 1.75. The minimum atomic E-state index is -0.183. The van der Waals surface area contributed by atoms with E-state index < -0.39 is 0 Å². The Morgan fingerprint density at radius 1 is 1.50 bits per heavy atom. The van der Waals surface area contributed by atoms with Gasteiger partial charge in [0.1, 0.15) is 0 Å². The minimum absolute atomic E-state index is 0.0966. The molecule has 2 rings (SSSR count). The normalized spacial score (nSPS) is 10.7. The van der Waals surface area contributed by atoms with Gasteiger partial charge < -0.3 is 9.52 Å². The van der Waals surface area contributed by atoms with E-state index in [4.69, 9.17) is 4.42 Å². The first-order valence-corrected chi connectivity index (χ1v) is 4.81. The molecule has 3 nitrogen and oxygen atoms in total. The summed E-state index contributed by atoms with van der Waals surface area (Å²) >= 11 is 3.16. The van der Waals surface area contributed by atoms with Crippen molar-refractivity contribution in [3.8, 4) is 5.75 Å². The number of halogens is 1. The van der Waals surface area contributed by atoms with Gasteiger partial charge in [0.05, 0.1) is 5.56 Å². The first-order chi connectivity index (χ1) is 6.59. The summed E-state index contributed by atoms with van der Waals surface area (Å²) in [5, 5.41) is 10.5. The van der Waals surface area contributed by atoms with Gasteiger partial charge in [-0.2, -0.15) is 0 Å². The Labute approximate surface area is 88.5 Å². The average Bonchev–Trinajstić information content (AvgIpc) is 2.46. The monoisotopic (exact) mass is 254 g/mol. The van der Waals surface area contributed by atoms with Gasteiger partial charge in [-0.05, 0) is 35.0 Å². The van der Waals surface area contributed by atoms with Gasteiger partial charge in [-0.15, -0.1) is 0 Å². The van der Waals surface area contributed by atoms with Gasteiger partial charge in [-0.3, -0.25) is 4.79 Å². The molecule has 0 atom stereocenters. The lowest BCUT2D eigenvalue weighted by Gasteiger charge is -1.99. The first-order valence-electron chi connectivity index (χ1n) is 4.01. The Morgan fingerprint density at radius 2 is 2.21 bits per heavy atom. The molecule has 1 aromatic carbocycles. The van der Waals surface area contributed by atoms with Gasteiger partial charge in [0, 0.05) is 5.39 Å². The van der Waals surface area contributed by atoms with Crippen molar-refractivity contribution in [2.24, 2.45) is 0 Å². The summed E-state index contributed by atoms with van der Waals surface area (Å²) in [4.78, 5) is 11.1. The molecule has 0 radical (unpaired) electrons. The van der Waals surface area contributed by atoms with Gasteiger partial charge in [0.2, 0.25) is 0 Å². The highest BCUT2D eigenvalue weighted by atomic mass is 79.9. The van der Waals surface area contributed by atoms with Crippen molar-refractivity contribution < 1.29 is 14.3 Å². The van der Waals surface area contributed by atoms with Crippen molar-refractivity contribution in [2.45, 2.75) is 6.92 Å². The highest BCUT2D eigenvalue weighted by molar-refractivity contribution is 9.10. The number of fused-ring (bicyclic) bond motifs is 1. The number of carbonyl (C=O) groups is 1. The van der Waals surface area contributed by atoms with E-state index in [1.165, 1.54) is 6.92 Å². The summed E-state index contributed by atoms with van der Waals surface area (Å²) in [5.41, 5.74) is 0.615. The molecule has 0 aliphatic rings. The minimum Gasteiger partial charge on any atom is -0.504 e. The summed E-state index contributed by atoms with van der Waals surface area (Å²) < 4.78 is 5.73. The van der Waals surface area contributed by atoms with Gasteiger partial charge in [0.15, 0.2) is 21.8 Å². The van der Waals surface area contributed by atoms with Crippen LogP contribution in [0.5, 0.6) is 5.75 Å². The molecule has 0 spiro atoms. The van der Waals surface area contributed by atoms with Crippen LogP contribution in [0, 0.1) is 0 Å². The Hall–Kier alpha value is -1.29. The van der Waals surface area contributed by atoms with Crippen molar-refractivity contribution in [3.63, 3.8) is 0 Å². The summed E-state index contributed by atoms with van der Waals surface area (Å²) in [7, 11) is 0. The van der Waals surface area contributed by atoms with Crippen LogP contribution in [0.1, 0.15) is 17.3 Å². The summed E-state index contributed by atoms with van der Waals surface area (Å²) in [6.07, 6.45) is 0. The predicted octanol–water partition coefficient (Wildman–Crippen LogP) is 3.10. The maximum atomic E-state index is 11.1. The van der Waals surface area contributed by atoms with Crippen LogP contribution in [-0.2, 0) is 0 Å². The zero-order valence-corrected chi connectivity index (χ0v) is 8.96. The fraction of sp³-hybridized carbons (Fsp3) is 0.100. The van der Waals surface area contributed by atoms with E-state index in [9.17, 15) is 9.90 Å². The molecule has 1 N–H and O–H groups in total. The number of Topliss-reactive ketones (excluding diaryl/α,β-unsaturated/α-hetero) is 1. The lowest BCUT2D eigenvalue weighted by molar-refractivity contribution is 0.101. The zero-order chi connectivity index (χ0) is 10.3. The number of phenols is 1. The first kappa shape index (κ1) is 9.27. The number of aromatic hydroxyl groups is 1. The Balaban J connectivity index is 2.80. The van der Waals surface area contributed by atoms with Gasteiger partial charge in [-0.1, -0.05) is 6.07 Å². The molecule has 4 heteroatoms. The lowest BCUT2D eigenvalue weighted by Crippen LogP contribution is -1.91. The van der Waals surface area contributed by atoms with E-state index in [2.05, 4.69) is 15.9 Å². The molecule has 72 valence electrons. The van der Waals surface area contributed by atoms with E-state index >= 15 is 0 Å². The van der Waals surface area contributed by atoms with Gasteiger partial charge in [0.25, 0.3) is 0 Å². The highest BCUT2D eigenvalue weighted by Crippen LogP contribution is 2.33. The molecule has 0 aliphatic carbocycles. The van der Waals surface area contributed by atoms with Crippen LogP contribution in [0.4, 0.5) is 0 Å². The van der Waals surface area contributed by atoms with Crippen LogP contribution in [-0.4, -0.2) is 10.9 Å². The number of benzene rings is 1. The van der Waals surface area contributed by atoms with Crippen LogP contribution in [0.15, 0.2) is 27.3 Å².